The van der Waals surface area contributed by atoms with Gasteiger partial charge in [0.25, 0.3) is 0 Å². The Morgan fingerprint density at radius 1 is 1.30 bits per heavy atom. The smallest absolute Gasteiger partial charge is 0.388 e. The van der Waals surface area contributed by atoms with Gasteiger partial charge in [0.05, 0.1) is 11.2 Å². The molecule has 23 heavy (non-hydrogen) atoms. The number of rotatable bonds is 3. The standard InChI is InChI=1S/C14H16F4N2O3/c15-11-2-1-9(7-10(11)14(16,17)18)20-12(21)19-8-13(22)3-5-23-6-4-13/h1-2,7,22H,3-6,8H2,(H2,19,20,21). The lowest BCUT2D eigenvalue weighted by atomic mass is 9.94. The molecular weight excluding hydrogens is 320 g/mol. The molecule has 1 fully saturated rings. The molecule has 1 heterocycles. The number of ether oxygens (including phenoxy) is 1. The molecule has 1 aliphatic rings. The van der Waals surface area contributed by atoms with Gasteiger partial charge in [0, 0.05) is 38.3 Å². The highest BCUT2D eigenvalue weighted by Gasteiger charge is 2.34. The summed E-state index contributed by atoms with van der Waals surface area (Å²) in [7, 11) is 0. The number of benzene rings is 1. The lowest BCUT2D eigenvalue weighted by Crippen LogP contribution is -2.47. The SMILES string of the molecule is O=C(NCC1(O)CCOCC1)Nc1ccc(F)c(C(F)(F)F)c1. The van der Waals surface area contributed by atoms with Crippen LogP contribution >= 0.6 is 0 Å². The van der Waals surface area contributed by atoms with Crippen molar-refractivity contribution >= 4 is 11.7 Å². The minimum absolute atomic E-state index is 0.0600. The van der Waals surface area contributed by atoms with Crippen LogP contribution < -0.4 is 10.6 Å². The normalized spacial score (nSPS) is 17.6. The van der Waals surface area contributed by atoms with Gasteiger partial charge in [0.15, 0.2) is 0 Å². The number of alkyl halides is 3. The van der Waals surface area contributed by atoms with Crippen molar-refractivity contribution in [2.24, 2.45) is 0 Å². The number of carbonyl (C=O) groups is 1. The van der Waals surface area contributed by atoms with Crippen LogP contribution in [0, 0.1) is 5.82 Å². The van der Waals surface area contributed by atoms with E-state index in [1.54, 1.807) is 0 Å². The van der Waals surface area contributed by atoms with E-state index in [-0.39, 0.29) is 12.2 Å². The van der Waals surface area contributed by atoms with E-state index in [1.807, 2.05) is 0 Å². The lowest BCUT2D eigenvalue weighted by Gasteiger charge is -2.32. The Labute approximate surface area is 129 Å². The number of nitrogens with one attached hydrogen (secondary N) is 2. The van der Waals surface area contributed by atoms with E-state index in [0.717, 1.165) is 6.07 Å². The van der Waals surface area contributed by atoms with Gasteiger partial charge in [0.2, 0.25) is 0 Å². The summed E-state index contributed by atoms with van der Waals surface area (Å²) in [6.45, 7) is 0.676. The van der Waals surface area contributed by atoms with Gasteiger partial charge in [-0.25, -0.2) is 9.18 Å². The fourth-order valence-electron chi connectivity index (χ4n) is 2.17. The summed E-state index contributed by atoms with van der Waals surface area (Å²) in [4.78, 5) is 11.7. The molecule has 0 atom stereocenters. The van der Waals surface area contributed by atoms with Gasteiger partial charge in [-0.2, -0.15) is 13.2 Å². The summed E-state index contributed by atoms with van der Waals surface area (Å²) < 4.78 is 56.0. The van der Waals surface area contributed by atoms with Crippen molar-refractivity contribution in [2.45, 2.75) is 24.6 Å². The molecule has 9 heteroatoms. The number of hydrogen-bond donors (Lipinski definition) is 3. The Bertz CT molecular complexity index is 572. The fraction of sp³-hybridized carbons (Fsp3) is 0.500. The van der Waals surface area contributed by atoms with Gasteiger partial charge in [0.1, 0.15) is 5.82 Å². The molecule has 2 amide bonds. The van der Waals surface area contributed by atoms with Crippen LogP contribution in [0.3, 0.4) is 0 Å². The van der Waals surface area contributed by atoms with Gasteiger partial charge in [-0.3, -0.25) is 0 Å². The Balaban J connectivity index is 1.95. The van der Waals surface area contributed by atoms with Crippen LogP contribution in [-0.4, -0.2) is 36.5 Å². The molecule has 0 unspecified atom stereocenters. The Morgan fingerprint density at radius 3 is 2.57 bits per heavy atom. The first kappa shape index (κ1) is 17.5. The maximum absolute atomic E-state index is 13.2. The van der Waals surface area contributed by atoms with E-state index in [1.165, 1.54) is 0 Å². The van der Waals surface area contributed by atoms with Crippen LogP contribution in [-0.2, 0) is 10.9 Å². The number of hydrogen-bond acceptors (Lipinski definition) is 3. The maximum Gasteiger partial charge on any atom is 0.419 e. The van der Waals surface area contributed by atoms with Gasteiger partial charge in [-0.05, 0) is 18.2 Å². The lowest BCUT2D eigenvalue weighted by molar-refractivity contribution is -0.139. The zero-order chi connectivity index (χ0) is 17.1. The Hall–Kier alpha value is -1.87. The van der Waals surface area contributed by atoms with E-state index in [4.69, 9.17) is 4.74 Å². The molecule has 128 valence electrons. The van der Waals surface area contributed by atoms with Crippen LogP contribution in [0.5, 0.6) is 0 Å². The summed E-state index contributed by atoms with van der Waals surface area (Å²) in [6.07, 6.45) is -4.15. The molecule has 0 aliphatic carbocycles. The molecule has 2 rings (SSSR count). The molecule has 5 nitrogen and oxygen atoms in total. The minimum atomic E-state index is -4.85. The number of halogens is 4. The van der Waals surface area contributed by atoms with Crippen LogP contribution in [0.25, 0.3) is 0 Å². The molecule has 0 spiro atoms. The van der Waals surface area contributed by atoms with Crippen molar-refractivity contribution < 1.29 is 32.2 Å². The Morgan fingerprint density at radius 2 is 1.96 bits per heavy atom. The van der Waals surface area contributed by atoms with Crippen LogP contribution in [0.1, 0.15) is 18.4 Å². The van der Waals surface area contributed by atoms with Crippen LogP contribution in [0.4, 0.5) is 28.0 Å². The summed E-state index contributed by atoms with van der Waals surface area (Å²) in [5.74, 6) is -1.42. The number of amides is 2. The molecule has 1 aromatic carbocycles. The molecule has 0 bridgehead atoms. The quantitative estimate of drug-likeness (QED) is 0.743. The van der Waals surface area contributed by atoms with Gasteiger partial charge < -0.3 is 20.5 Å². The zero-order valence-electron chi connectivity index (χ0n) is 12.0. The van der Waals surface area contributed by atoms with Crippen molar-refractivity contribution in [1.29, 1.82) is 0 Å². The average molecular weight is 336 g/mol. The molecule has 0 saturated carbocycles. The summed E-state index contributed by atoms with van der Waals surface area (Å²) in [5.41, 5.74) is -2.76. The third kappa shape index (κ3) is 4.80. The van der Waals surface area contributed by atoms with E-state index < -0.39 is 29.2 Å². The highest BCUT2D eigenvalue weighted by atomic mass is 19.4. The topological polar surface area (TPSA) is 70.6 Å². The van der Waals surface area contributed by atoms with Crippen molar-refractivity contribution in [2.75, 3.05) is 25.1 Å². The Kier molecular flexibility index (Phi) is 5.10. The van der Waals surface area contributed by atoms with Crippen molar-refractivity contribution in [3.63, 3.8) is 0 Å². The number of carbonyl (C=O) groups excluding carboxylic acids is 1. The summed E-state index contributed by atoms with van der Waals surface area (Å²) in [6, 6.07) is 1.38. The highest BCUT2D eigenvalue weighted by molar-refractivity contribution is 5.89. The summed E-state index contributed by atoms with van der Waals surface area (Å²) >= 11 is 0. The summed E-state index contributed by atoms with van der Waals surface area (Å²) in [5, 5.41) is 14.7. The average Bonchev–Trinajstić information content (AvgIpc) is 2.47. The van der Waals surface area contributed by atoms with Crippen molar-refractivity contribution in [3.05, 3.63) is 29.6 Å². The fourth-order valence-corrected chi connectivity index (χ4v) is 2.17. The van der Waals surface area contributed by atoms with Crippen molar-refractivity contribution in [1.82, 2.24) is 5.32 Å². The second-order valence-corrected chi connectivity index (χ2v) is 5.34. The molecule has 1 aromatic rings. The monoisotopic (exact) mass is 336 g/mol. The molecule has 0 radical (unpaired) electrons. The third-order valence-corrected chi connectivity index (χ3v) is 3.53. The van der Waals surface area contributed by atoms with Gasteiger partial charge >= 0.3 is 12.2 Å². The van der Waals surface area contributed by atoms with Crippen LogP contribution in [0.2, 0.25) is 0 Å². The largest absolute Gasteiger partial charge is 0.419 e. The first-order chi connectivity index (χ1) is 10.7. The predicted molar refractivity (Wildman–Crippen MR) is 73.4 cm³/mol. The minimum Gasteiger partial charge on any atom is -0.388 e. The molecule has 3 N–H and O–H groups in total. The number of urea groups is 1. The second kappa shape index (κ2) is 6.71. The van der Waals surface area contributed by atoms with E-state index in [9.17, 15) is 27.5 Å². The first-order valence-electron chi connectivity index (χ1n) is 6.91. The number of aliphatic hydroxyl groups is 1. The van der Waals surface area contributed by atoms with E-state index in [2.05, 4.69) is 10.6 Å². The van der Waals surface area contributed by atoms with Crippen molar-refractivity contribution in [3.8, 4) is 0 Å². The predicted octanol–water partition coefficient (Wildman–Crippen LogP) is 2.51. The van der Waals surface area contributed by atoms with E-state index in [0.29, 0.717) is 38.2 Å². The first-order valence-corrected chi connectivity index (χ1v) is 6.91. The third-order valence-electron chi connectivity index (χ3n) is 3.53. The molecule has 1 saturated heterocycles. The van der Waals surface area contributed by atoms with E-state index >= 15 is 0 Å². The molecular formula is C14H16F4N2O3. The number of anilines is 1. The van der Waals surface area contributed by atoms with Gasteiger partial charge in [-0.1, -0.05) is 0 Å². The van der Waals surface area contributed by atoms with Crippen LogP contribution in [0.15, 0.2) is 18.2 Å². The zero-order valence-corrected chi connectivity index (χ0v) is 12.0. The molecule has 1 aliphatic heterocycles. The highest BCUT2D eigenvalue weighted by Crippen LogP contribution is 2.33. The van der Waals surface area contributed by atoms with Gasteiger partial charge in [-0.15, -0.1) is 0 Å². The molecule has 0 aromatic heterocycles. The second-order valence-electron chi connectivity index (χ2n) is 5.34. The maximum atomic E-state index is 13.2.